The first-order valence-electron chi connectivity index (χ1n) is 9.51. The summed E-state index contributed by atoms with van der Waals surface area (Å²) >= 11 is 0. The van der Waals surface area contributed by atoms with Crippen LogP contribution in [0.4, 0.5) is 0 Å². The highest BCUT2D eigenvalue weighted by molar-refractivity contribution is 5.93. The second-order valence-electron chi connectivity index (χ2n) is 9.27. The fourth-order valence-electron chi connectivity index (χ4n) is 4.33. The maximum atomic E-state index is 12.9. The molecule has 0 bridgehead atoms. The van der Waals surface area contributed by atoms with Crippen molar-refractivity contribution in [3.63, 3.8) is 0 Å². The minimum atomic E-state index is -1.43. The lowest BCUT2D eigenvalue weighted by Crippen LogP contribution is -2.51. The third-order valence-electron chi connectivity index (χ3n) is 6.26. The smallest absolute Gasteiger partial charge is 0.309 e. The van der Waals surface area contributed by atoms with Gasteiger partial charge in [-0.1, -0.05) is 20.8 Å². The zero-order valence-electron chi connectivity index (χ0n) is 17.1. The van der Waals surface area contributed by atoms with Gasteiger partial charge in [-0.15, -0.1) is 0 Å². The molecule has 0 aromatic heterocycles. The minimum Gasteiger partial charge on any atom is -0.457 e. The van der Waals surface area contributed by atoms with Crippen LogP contribution in [0.1, 0.15) is 61.3 Å². The Balaban J connectivity index is 2.12. The number of Topliss-reactive ketones (excluding diaryl/α,β-unsaturated/α-hetero) is 1. The van der Waals surface area contributed by atoms with E-state index in [4.69, 9.17) is 14.2 Å². The van der Waals surface area contributed by atoms with Crippen LogP contribution < -0.4 is 0 Å². The van der Waals surface area contributed by atoms with Crippen LogP contribution in [0.15, 0.2) is 0 Å². The molecule has 0 unspecified atom stereocenters. The second-order valence-corrected chi connectivity index (χ2v) is 9.27. The quantitative estimate of drug-likeness (QED) is 0.724. The second kappa shape index (κ2) is 7.21. The Morgan fingerprint density at radius 2 is 1.73 bits per heavy atom. The van der Waals surface area contributed by atoms with Crippen molar-refractivity contribution in [2.45, 2.75) is 85.2 Å². The van der Waals surface area contributed by atoms with E-state index in [-0.39, 0.29) is 24.0 Å². The molecule has 0 radical (unpaired) electrons. The molecule has 6 heteroatoms. The predicted octanol–water partition coefficient (Wildman–Crippen LogP) is 2.50. The van der Waals surface area contributed by atoms with Gasteiger partial charge in [0.05, 0.1) is 25.2 Å². The molecule has 0 amide bonds. The fraction of sp³-hybridized carbons (Fsp3) is 0.900. The topological polar surface area (TPSA) is 82.1 Å². The molecule has 1 saturated carbocycles. The van der Waals surface area contributed by atoms with Crippen molar-refractivity contribution in [1.29, 1.82) is 0 Å². The number of esters is 1. The number of aliphatic hydroxyl groups is 1. The number of ether oxygens (including phenoxy) is 3. The first-order chi connectivity index (χ1) is 11.8. The van der Waals surface area contributed by atoms with Crippen LogP contribution in [0, 0.1) is 16.7 Å². The number of rotatable bonds is 6. The van der Waals surface area contributed by atoms with E-state index in [2.05, 4.69) is 0 Å². The molecule has 0 aromatic carbocycles. The third-order valence-corrected chi connectivity index (χ3v) is 6.26. The van der Waals surface area contributed by atoms with Gasteiger partial charge in [0.15, 0.2) is 11.9 Å². The van der Waals surface area contributed by atoms with Crippen molar-refractivity contribution < 1.29 is 28.9 Å². The van der Waals surface area contributed by atoms with Crippen LogP contribution in [0.25, 0.3) is 0 Å². The number of hydrogen-bond acceptors (Lipinski definition) is 6. The van der Waals surface area contributed by atoms with Crippen LogP contribution >= 0.6 is 0 Å². The number of carbonyl (C=O) groups is 2. The van der Waals surface area contributed by atoms with Gasteiger partial charge in [-0.2, -0.15) is 0 Å². The van der Waals surface area contributed by atoms with Crippen LogP contribution in [0.3, 0.4) is 0 Å². The van der Waals surface area contributed by atoms with E-state index < -0.39 is 28.5 Å². The van der Waals surface area contributed by atoms with E-state index in [1.807, 2.05) is 34.6 Å². The van der Waals surface area contributed by atoms with Crippen LogP contribution in [-0.2, 0) is 23.8 Å². The highest BCUT2D eigenvalue weighted by atomic mass is 16.6. The van der Waals surface area contributed by atoms with E-state index in [9.17, 15) is 14.7 Å². The zero-order chi connectivity index (χ0) is 19.9. The van der Waals surface area contributed by atoms with E-state index in [1.165, 1.54) is 13.8 Å². The van der Waals surface area contributed by atoms with Gasteiger partial charge in [0.1, 0.15) is 11.7 Å². The van der Waals surface area contributed by atoms with Crippen molar-refractivity contribution >= 4 is 11.8 Å². The van der Waals surface area contributed by atoms with Gasteiger partial charge in [0.25, 0.3) is 0 Å². The van der Waals surface area contributed by atoms with Gasteiger partial charge in [-0.3, -0.25) is 9.59 Å². The standard InChI is InChI=1S/C20H34O6/c1-12(2)25-14-10-24-11-15(14)26-16(21)13-8-9-20(7,18(13,3)4)17(22)19(5,6)23/h12-15,23H,8-11H2,1-7H3/t13-,14-,15+,20+/m1/s1. The van der Waals surface area contributed by atoms with Gasteiger partial charge in [-0.05, 0) is 46.0 Å². The molecule has 26 heavy (non-hydrogen) atoms. The molecule has 1 saturated heterocycles. The Morgan fingerprint density at radius 1 is 1.15 bits per heavy atom. The van der Waals surface area contributed by atoms with Gasteiger partial charge in [-0.25, -0.2) is 0 Å². The Morgan fingerprint density at radius 3 is 2.27 bits per heavy atom. The summed E-state index contributed by atoms with van der Waals surface area (Å²) in [5, 5.41) is 10.2. The molecule has 1 N–H and O–H groups in total. The summed E-state index contributed by atoms with van der Waals surface area (Å²) in [5.41, 5.74) is -2.83. The normalized spacial score (nSPS) is 34.3. The van der Waals surface area contributed by atoms with Crippen molar-refractivity contribution in [1.82, 2.24) is 0 Å². The van der Waals surface area contributed by atoms with Crippen LogP contribution in [0.2, 0.25) is 0 Å². The molecule has 1 aliphatic carbocycles. The average molecular weight is 370 g/mol. The summed E-state index contributed by atoms with van der Waals surface area (Å²) in [5.74, 6) is -0.940. The van der Waals surface area contributed by atoms with Crippen LogP contribution in [0.5, 0.6) is 0 Å². The van der Waals surface area contributed by atoms with Crippen molar-refractivity contribution in [3.8, 4) is 0 Å². The molecule has 4 atom stereocenters. The highest BCUT2D eigenvalue weighted by Gasteiger charge is 2.60. The average Bonchev–Trinajstić information content (AvgIpc) is 3.00. The molecule has 0 spiro atoms. The monoisotopic (exact) mass is 370 g/mol. The molecule has 0 aromatic rings. The SMILES string of the molecule is CC(C)O[C@@H]1COC[C@@H]1OC(=O)[C@H]1CC[C@@](C)(C(=O)C(C)(C)O)C1(C)C. The maximum Gasteiger partial charge on any atom is 0.309 e. The number of carbonyl (C=O) groups excluding carboxylic acids is 2. The van der Waals surface area contributed by atoms with Crippen molar-refractivity contribution in [2.24, 2.45) is 16.7 Å². The van der Waals surface area contributed by atoms with Crippen molar-refractivity contribution in [3.05, 3.63) is 0 Å². The lowest BCUT2D eigenvalue weighted by molar-refractivity contribution is -0.167. The first kappa shape index (κ1) is 21.3. The summed E-state index contributed by atoms with van der Waals surface area (Å²) in [6, 6.07) is 0. The molecule has 6 nitrogen and oxygen atoms in total. The predicted molar refractivity (Wildman–Crippen MR) is 96.6 cm³/mol. The van der Waals surface area contributed by atoms with E-state index in [1.54, 1.807) is 0 Å². The van der Waals surface area contributed by atoms with Crippen LogP contribution in [-0.4, -0.2) is 54.0 Å². The van der Waals surface area contributed by atoms with E-state index >= 15 is 0 Å². The molecule has 2 fully saturated rings. The molecular formula is C20H34O6. The van der Waals surface area contributed by atoms with Gasteiger partial charge >= 0.3 is 5.97 Å². The molecular weight excluding hydrogens is 336 g/mol. The molecule has 2 aliphatic rings. The lowest BCUT2D eigenvalue weighted by Gasteiger charge is -2.42. The van der Waals surface area contributed by atoms with Gasteiger partial charge < -0.3 is 19.3 Å². The molecule has 1 aliphatic heterocycles. The molecule has 150 valence electrons. The Hall–Kier alpha value is -0.980. The summed E-state index contributed by atoms with van der Waals surface area (Å²) in [6.45, 7) is 13.3. The number of ketones is 1. The summed E-state index contributed by atoms with van der Waals surface area (Å²) in [7, 11) is 0. The highest BCUT2D eigenvalue weighted by Crippen LogP contribution is 2.58. The lowest BCUT2D eigenvalue weighted by atomic mass is 9.61. The summed E-state index contributed by atoms with van der Waals surface area (Å²) < 4.78 is 16.9. The van der Waals surface area contributed by atoms with E-state index in [0.717, 1.165) is 0 Å². The van der Waals surface area contributed by atoms with Gasteiger partial charge in [0.2, 0.25) is 0 Å². The minimum absolute atomic E-state index is 0.0264. The Kier molecular flexibility index (Phi) is 5.91. The first-order valence-corrected chi connectivity index (χ1v) is 9.51. The van der Waals surface area contributed by atoms with Gasteiger partial charge in [0, 0.05) is 5.41 Å². The van der Waals surface area contributed by atoms with E-state index in [0.29, 0.717) is 26.1 Å². The summed E-state index contributed by atoms with van der Waals surface area (Å²) in [6.07, 6.45) is 0.465. The largest absolute Gasteiger partial charge is 0.457 e. The Bertz CT molecular complexity index is 547. The molecule has 2 rings (SSSR count). The summed E-state index contributed by atoms with van der Waals surface area (Å²) in [4.78, 5) is 25.7. The zero-order valence-corrected chi connectivity index (χ0v) is 17.1. The maximum absolute atomic E-state index is 12.9. The molecule has 1 heterocycles. The third kappa shape index (κ3) is 3.82. The number of hydrogen-bond donors (Lipinski definition) is 1. The fourth-order valence-corrected chi connectivity index (χ4v) is 4.33. The van der Waals surface area contributed by atoms with Crippen molar-refractivity contribution in [2.75, 3.05) is 13.2 Å². The Labute approximate surface area is 156 Å².